The highest BCUT2D eigenvalue weighted by molar-refractivity contribution is 6.31. The zero-order valence-electron chi connectivity index (χ0n) is 10.7. The Morgan fingerprint density at radius 1 is 1.14 bits per heavy atom. The number of nitro groups is 1. The van der Waals surface area contributed by atoms with E-state index in [4.69, 9.17) is 16.0 Å². The summed E-state index contributed by atoms with van der Waals surface area (Å²) in [5, 5.41) is 12.1. The second-order valence-corrected chi connectivity index (χ2v) is 4.78. The van der Waals surface area contributed by atoms with Gasteiger partial charge < -0.3 is 4.42 Å². The van der Waals surface area contributed by atoms with Crippen molar-refractivity contribution < 1.29 is 9.34 Å². The molecule has 1 aromatic carbocycles. The molecule has 0 saturated heterocycles. The summed E-state index contributed by atoms with van der Waals surface area (Å²) in [6.45, 7) is 0. The summed E-state index contributed by atoms with van der Waals surface area (Å²) in [4.78, 5) is 14.4. The second kappa shape index (κ2) is 5.38. The summed E-state index contributed by atoms with van der Waals surface area (Å²) in [5.41, 5.74) is 1.55. The minimum absolute atomic E-state index is 0.282. The van der Waals surface area contributed by atoms with Crippen molar-refractivity contribution in [3.8, 4) is 0 Å². The van der Waals surface area contributed by atoms with Gasteiger partial charge in [0.1, 0.15) is 10.7 Å². The molecule has 0 N–H and O–H groups in total. The van der Waals surface area contributed by atoms with Crippen LogP contribution in [0.3, 0.4) is 0 Å². The molecule has 0 spiro atoms. The van der Waals surface area contributed by atoms with Gasteiger partial charge in [-0.05, 0) is 42.5 Å². The van der Waals surface area contributed by atoms with Crippen LogP contribution < -0.4 is 0 Å². The third-order valence-corrected chi connectivity index (χ3v) is 3.12. The zero-order valence-corrected chi connectivity index (χ0v) is 11.4. The van der Waals surface area contributed by atoms with Crippen LogP contribution >= 0.6 is 11.6 Å². The highest BCUT2D eigenvalue weighted by Crippen LogP contribution is 2.20. The van der Waals surface area contributed by atoms with Crippen LogP contribution in [-0.4, -0.2) is 9.91 Å². The van der Waals surface area contributed by atoms with Crippen LogP contribution in [0, 0.1) is 10.1 Å². The van der Waals surface area contributed by atoms with Crippen molar-refractivity contribution in [3.05, 3.63) is 69.1 Å². The number of rotatable bonds is 3. The van der Waals surface area contributed by atoms with Gasteiger partial charge in [-0.1, -0.05) is 17.7 Å². The predicted octanol–water partition coefficient (Wildman–Crippen LogP) is 4.56. The molecule has 3 aromatic rings. The number of fused-ring (bicyclic) bond motifs is 1. The molecular formula is C15H9ClN2O3. The third-order valence-electron chi connectivity index (χ3n) is 2.88. The van der Waals surface area contributed by atoms with Crippen molar-refractivity contribution in [1.29, 1.82) is 0 Å². The van der Waals surface area contributed by atoms with Gasteiger partial charge in [-0.3, -0.25) is 10.1 Å². The number of pyridine rings is 1. The lowest BCUT2D eigenvalue weighted by molar-refractivity contribution is -0.402. The first-order chi connectivity index (χ1) is 10.1. The van der Waals surface area contributed by atoms with Gasteiger partial charge in [-0.2, -0.15) is 0 Å². The molecule has 0 aliphatic carbocycles. The fourth-order valence-electron chi connectivity index (χ4n) is 1.90. The van der Waals surface area contributed by atoms with Gasteiger partial charge in [0.2, 0.25) is 0 Å². The lowest BCUT2D eigenvalue weighted by Gasteiger charge is -1.99. The summed E-state index contributed by atoms with van der Waals surface area (Å²) in [5.74, 6) is 0.121. The number of furan rings is 1. The minimum Gasteiger partial charge on any atom is -0.401 e. The van der Waals surface area contributed by atoms with Crippen molar-refractivity contribution >= 4 is 40.5 Å². The maximum atomic E-state index is 10.5. The fraction of sp³-hybridized carbons (Fsp3) is 0. The number of aromatic nitrogens is 1. The molecule has 0 amide bonds. The van der Waals surface area contributed by atoms with E-state index in [1.807, 2.05) is 24.3 Å². The topological polar surface area (TPSA) is 69.2 Å². The smallest absolute Gasteiger partial charge is 0.401 e. The summed E-state index contributed by atoms with van der Waals surface area (Å²) in [7, 11) is 0. The van der Waals surface area contributed by atoms with Crippen LogP contribution in [0.4, 0.5) is 5.88 Å². The van der Waals surface area contributed by atoms with Crippen LogP contribution in [0.1, 0.15) is 11.5 Å². The molecular weight excluding hydrogens is 292 g/mol. The Hall–Kier alpha value is -2.66. The van der Waals surface area contributed by atoms with Gasteiger partial charge in [0, 0.05) is 10.4 Å². The van der Waals surface area contributed by atoms with E-state index in [9.17, 15) is 10.1 Å². The molecule has 0 fully saturated rings. The monoisotopic (exact) mass is 300 g/mol. The van der Waals surface area contributed by atoms with Crippen LogP contribution in [0.2, 0.25) is 5.02 Å². The van der Waals surface area contributed by atoms with Gasteiger partial charge in [0.15, 0.2) is 0 Å². The van der Waals surface area contributed by atoms with E-state index in [2.05, 4.69) is 4.98 Å². The predicted molar refractivity (Wildman–Crippen MR) is 81.0 cm³/mol. The average Bonchev–Trinajstić information content (AvgIpc) is 2.94. The van der Waals surface area contributed by atoms with E-state index in [-0.39, 0.29) is 5.88 Å². The van der Waals surface area contributed by atoms with E-state index in [1.54, 1.807) is 18.2 Å². The Morgan fingerprint density at radius 3 is 2.76 bits per heavy atom. The average molecular weight is 301 g/mol. The maximum absolute atomic E-state index is 10.5. The summed E-state index contributed by atoms with van der Waals surface area (Å²) in [6, 6.07) is 12.1. The van der Waals surface area contributed by atoms with E-state index < -0.39 is 4.92 Å². The molecule has 5 nitrogen and oxygen atoms in total. The number of nitrogens with zero attached hydrogens (tertiary/aromatic N) is 2. The van der Waals surface area contributed by atoms with Gasteiger partial charge >= 0.3 is 5.88 Å². The fourth-order valence-corrected chi connectivity index (χ4v) is 2.08. The number of halogens is 1. The first-order valence-corrected chi connectivity index (χ1v) is 6.48. The number of benzene rings is 1. The Kier molecular flexibility index (Phi) is 3.41. The maximum Gasteiger partial charge on any atom is 0.433 e. The minimum atomic E-state index is -0.574. The molecule has 0 atom stereocenters. The van der Waals surface area contributed by atoms with Gasteiger partial charge in [-0.25, -0.2) is 4.98 Å². The molecule has 0 saturated carbocycles. The Bertz CT molecular complexity index is 855. The van der Waals surface area contributed by atoms with Crippen molar-refractivity contribution in [1.82, 2.24) is 4.98 Å². The number of hydrogen-bond donors (Lipinski definition) is 0. The third kappa shape index (κ3) is 2.93. The Labute approximate surface area is 124 Å². The molecule has 0 bridgehead atoms. The highest BCUT2D eigenvalue weighted by Gasteiger charge is 2.09. The van der Waals surface area contributed by atoms with Crippen LogP contribution in [0.15, 0.2) is 46.9 Å². The number of hydrogen-bond acceptors (Lipinski definition) is 4. The normalized spacial score (nSPS) is 11.3. The Morgan fingerprint density at radius 2 is 2.00 bits per heavy atom. The Balaban J connectivity index is 1.88. The molecule has 21 heavy (non-hydrogen) atoms. The highest BCUT2D eigenvalue weighted by atomic mass is 35.5. The summed E-state index contributed by atoms with van der Waals surface area (Å²) in [6.07, 6.45) is 3.37. The van der Waals surface area contributed by atoms with E-state index >= 15 is 0 Å². The zero-order chi connectivity index (χ0) is 14.8. The van der Waals surface area contributed by atoms with Crippen molar-refractivity contribution in [2.75, 3.05) is 0 Å². The van der Waals surface area contributed by atoms with E-state index in [1.165, 1.54) is 12.1 Å². The summed E-state index contributed by atoms with van der Waals surface area (Å²) >= 11 is 5.92. The van der Waals surface area contributed by atoms with Crippen LogP contribution in [0.25, 0.3) is 23.1 Å². The largest absolute Gasteiger partial charge is 0.433 e. The molecule has 0 radical (unpaired) electrons. The molecule has 0 aliphatic heterocycles. The van der Waals surface area contributed by atoms with Crippen molar-refractivity contribution in [2.45, 2.75) is 0 Å². The second-order valence-electron chi connectivity index (χ2n) is 4.34. The van der Waals surface area contributed by atoms with E-state index in [0.29, 0.717) is 10.8 Å². The molecule has 2 heterocycles. The summed E-state index contributed by atoms with van der Waals surface area (Å²) < 4.78 is 5.04. The van der Waals surface area contributed by atoms with Crippen molar-refractivity contribution in [3.63, 3.8) is 0 Å². The van der Waals surface area contributed by atoms with Gasteiger partial charge in [0.25, 0.3) is 0 Å². The first-order valence-electron chi connectivity index (χ1n) is 6.10. The van der Waals surface area contributed by atoms with Gasteiger partial charge in [-0.15, -0.1) is 0 Å². The standard InChI is InChI=1S/C15H9ClN2O3/c16-11-2-7-14-10(9-11)1-3-12(17-14)4-5-13-6-8-15(21-13)18(19)20/h1-9H. The first kappa shape index (κ1) is 13.3. The van der Waals surface area contributed by atoms with Crippen LogP contribution in [-0.2, 0) is 0 Å². The molecule has 104 valence electrons. The molecule has 0 aliphatic rings. The lowest BCUT2D eigenvalue weighted by Crippen LogP contribution is -1.83. The quantitative estimate of drug-likeness (QED) is 0.525. The SMILES string of the molecule is O=[N+]([O-])c1ccc(C=Cc2ccc3cc(Cl)ccc3n2)o1. The van der Waals surface area contributed by atoms with Gasteiger partial charge in [0.05, 0.1) is 17.3 Å². The lowest BCUT2D eigenvalue weighted by atomic mass is 10.2. The molecule has 2 aromatic heterocycles. The van der Waals surface area contributed by atoms with E-state index in [0.717, 1.165) is 16.6 Å². The molecule has 6 heteroatoms. The van der Waals surface area contributed by atoms with Crippen LogP contribution in [0.5, 0.6) is 0 Å². The molecule has 3 rings (SSSR count). The van der Waals surface area contributed by atoms with Crippen molar-refractivity contribution in [2.24, 2.45) is 0 Å². The molecule has 0 unspecified atom stereocenters.